The van der Waals surface area contributed by atoms with Crippen molar-refractivity contribution in [3.05, 3.63) is 63.0 Å². The summed E-state index contributed by atoms with van der Waals surface area (Å²) in [6.07, 6.45) is 1.44. The molecule has 0 saturated heterocycles. The Hall–Kier alpha value is -2.98. The average molecular weight is 424 g/mol. The van der Waals surface area contributed by atoms with Gasteiger partial charge in [-0.2, -0.15) is 0 Å². The van der Waals surface area contributed by atoms with Crippen LogP contribution in [-0.2, 0) is 9.53 Å². The molecule has 148 valence electrons. The van der Waals surface area contributed by atoms with Gasteiger partial charge in [-0.1, -0.05) is 23.7 Å². The third-order valence-corrected chi connectivity index (χ3v) is 4.23. The SMILES string of the molecule is CCOC(=O)C1=C(C)N=C(Cl)/C(=C/NNC(N)=S)C1c1cccc([N+](=O)[O-])c1. The van der Waals surface area contributed by atoms with E-state index < -0.39 is 16.8 Å². The van der Waals surface area contributed by atoms with Gasteiger partial charge in [0.05, 0.1) is 22.8 Å². The number of non-ortho nitro benzene ring substituents is 1. The molecule has 1 atom stereocenters. The molecule has 1 heterocycles. The van der Waals surface area contributed by atoms with E-state index in [-0.39, 0.29) is 28.2 Å². The summed E-state index contributed by atoms with van der Waals surface area (Å²) in [5, 5.41) is 11.3. The Morgan fingerprint density at radius 1 is 1.54 bits per heavy atom. The second-order valence-corrected chi connectivity index (χ2v) is 6.44. The fraction of sp³-hybridized carbons (Fsp3) is 0.235. The highest BCUT2D eigenvalue weighted by atomic mass is 35.5. The maximum atomic E-state index is 12.6. The molecule has 1 aromatic rings. The van der Waals surface area contributed by atoms with Gasteiger partial charge >= 0.3 is 5.97 Å². The maximum Gasteiger partial charge on any atom is 0.336 e. The predicted octanol–water partition coefficient (Wildman–Crippen LogP) is 2.39. The third kappa shape index (κ3) is 4.84. The van der Waals surface area contributed by atoms with Crippen molar-refractivity contribution in [3.8, 4) is 0 Å². The zero-order valence-electron chi connectivity index (χ0n) is 15.1. The Balaban J connectivity index is 2.63. The van der Waals surface area contributed by atoms with Crippen LogP contribution in [-0.4, -0.2) is 27.8 Å². The first-order valence-corrected chi connectivity index (χ1v) is 8.92. The first-order valence-electron chi connectivity index (χ1n) is 8.14. The van der Waals surface area contributed by atoms with Crippen LogP contribution in [0, 0.1) is 10.1 Å². The van der Waals surface area contributed by atoms with Crippen molar-refractivity contribution in [1.29, 1.82) is 0 Å². The second kappa shape index (κ2) is 9.29. The van der Waals surface area contributed by atoms with E-state index >= 15 is 0 Å². The summed E-state index contributed by atoms with van der Waals surface area (Å²) in [4.78, 5) is 27.5. The number of rotatable bonds is 6. The van der Waals surface area contributed by atoms with E-state index in [0.717, 1.165) is 0 Å². The first kappa shape index (κ1) is 21.3. The normalized spacial score (nSPS) is 17.8. The molecule has 0 aliphatic carbocycles. The summed E-state index contributed by atoms with van der Waals surface area (Å²) >= 11 is 11.0. The summed E-state index contributed by atoms with van der Waals surface area (Å²) in [7, 11) is 0. The molecule has 1 aliphatic rings. The lowest BCUT2D eigenvalue weighted by Crippen LogP contribution is -2.38. The van der Waals surface area contributed by atoms with Crippen molar-refractivity contribution in [2.24, 2.45) is 10.7 Å². The van der Waals surface area contributed by atoms with Crippen LogP contribution in [0.25, 0.3) is 0 Å². The molecule has 0 aromatic heterocycles. The number of carbonyl (C=O) groups is 1. The molecule has 4 N–H and O–H groups in total. The lowest BCUT2D eigenvalue weighted by Gasteiger charge is -2.27. The molecular weight excluding hydrogens is 406 g/mol. The number of thiocarbonyl (C=S) groups is 1. The number of hydrogen-bond acceptors (Lipinski definition) is 7. The van der Waals surface area contributed by atoms with E-state index in [1.165, 1.54) is 24.4 Å². The number of allylic oxidation sites excluding steroid dienone is 2. The zero-order chi connectivity index (χ0) is 20.8. The summed E-state index contributed by atoms with van der Waals surface area (Å²) < 4.78 is 5.16. The van der Waals surface area contributed by atoms with E-state index in [0.29, 0.717) is 16.8 Å². The molecule has 0 saturated carbocycles. The number of esters is 1. The van der Waals surface area contributed by atoms with Crippen LogP contribution < -0.4 is 16.6 Å². The fourth-order valence-corrected chi connectivity index (χ4v) is 3.07. The van der Waals surface area contributed by atoms with Gasteiger partial charge in [-0.3, -0.25) is 15.5 Å². The number of ether oxygens (including phenoxy) is 1. The lowest BCUT2D eigenvalue weighted by atomic mass is 9.82. The molecule has 2 rings (SSSR count). The molecule has 1 aromatic carbocycles. The summed E-state index contributed by atoms with van der Waals surface area (Å²) in [6, 6.07) is 5.93. The number of hydrogen-bond donors (Lipinski definition) is 3. The van der Waals surface area contributed by atoms with Crippen LogP contribution in [0.4, 0.5) is 5.69 Å². The van der Waals surface area contributed by atoms with Gasteiger partial charge in [0.2, 0.25) is 0 Å². The smallest absolute Gasteiger partial charge is 0.336 e. The van der Waals surface area contributed by atoms with Crippen molar-refractivity contribution in [1.82, 2.24) is 10.9 Å². The van der Waals surface area contributed by atoms with Gasteiger partial charge in [0.1, 0.15) is 5.17 Å². The van der Waals surface area contributed by atoms with Crippen LogP contribution in [0.15, 0.2) is 52.3 Å². The Bertz CT molecular complexity index is 913. The quantitative estimate of drug-likeness (QED) is 0.275. The Labute approximate surface area is 171 Å². The molecule has 0 fully saturated rings. The Kier molecular flexibility index (Phi) is 7.07. The first-order chi connectivity index (χ1) is 13.3. The van der Waals surface area contributed by atoms with Crippen molar-refractivity contribution in [2.45, 2.75) is 19.8 Å². The molecule has 0 spiro atoms. The number of nitro benzene ring substituents is 1. The van der Waals surface area contributed by atoms with Crippen LogP contribution in [0.2, 0.25) is 0 Å². The maximum absolute atomic E-state index is 12.6. The van der Waals surface area contributed by atoms with Gasteiger partial charge in [0.25, 0.3) is 5.69 Å². The number of carbonyl (C=O) groups excluding carboxylic acids is 1. The highest BCUT2D eigenvalue weighted by Crippen LogP contribution is 2.40. The van der Waals surface area contributed by atoms with Crippen LogP contribution in [0.3, 0.4) is 0 Å². The molecule has 1 unspecified atom stereocenters. The zero-order valence-corrected chi connectivity index (χ0v) is 16.6. The lowest BCUT2D eigenvalue weighted by molar-refractivity contribution is -0.384. The van der Waals surface area contributed by atoms with Crippen molar-refractivity contribution >= 4 is 45.8 Å². The minimum atomic E-state index is -0.746. The number of nitrogens with zero attached hydrogens (tertiary/aromatic N) is 2. The number of hydrazine groups is 1. The van der Waals surface area contributed by atoms with Crippen LogP contribution >= 0.6 is 23.8 Å². The van der Waals surface area contributed by atoms with E-state index in [1.807, 2.05) is 0 Å². The van der Waals surface area contributed by atoms with Crippen molar-refractivity contribution < 1.29 is 14.5 Å². The van der Waals surface area contributed by atoms with E-state index in [4.69, 9.17) is 34.3 Å². The molecular formula is C17H18ClN5O4S. The predicted molar refractivity (Wildman–Crippen MR) is 110 cm³/mol. The van der Waals surface area contributed by atoms with Crippen molar-refractivity contribution in [3.63, 3.8) is 0 Å². The Morgan fingerprint density at radius 2 is 2.25 bits per heavy atom. The monoisotopic (exact) mass is 423 g/mol. The van der Waals surface area contributed by atoms with E-state index in [1.54, 1.807) is 19.9 Å². The number of nitrogens with one attached hydrogen (secondary N) is 2. The molecule has 11 heteroatoms. The fourth-order valence-electron chi connectivity index (χ4n) is 2.72. The summed E-state index contributed by atoms with van der Waals surface area (Å²) in [5.41, 5.74) is 11.9. The summed E-state index contributed by atoms with van der Waals surface area (Å²) in [5.74, 6) is -1.33. The highest BCUT2D eigenvalue weighted by molar-refractivity contribution is 7.80. The standard InChI is InChI=1S/C17H18ClN5O4S/c1-3-27-16(24)13-9(2)21-15(18)12(8-20-22-17(19)28)14(13)10-5-4-6-11(7-10)23(25)26/h4-8,14,20H,3H2,1-2H3,(H3,19,22,28)/b12-8+. The van der Waals surface area contributed by atoms with E-state index in [2.05, 4.69) is 15.8 Å². The van der Waals surface area contributed by atoms with Crippen LogP contribution in [0.1, 0.15) is 25.3 Å². The van der Waals surface area contributed by atoms with Crippen molar-refractivity contribution in [2.75, 3.05) is 6.61 Å². The minimum Gasteiger partial charge on any atom is -0.463 e. The molecule has 1 aliphatic heterocycles. The van der Waals surface area contributed by atoms with Gasteiger partial charge in [0, 0.05) is 29.8 Å². The number of nitro groups is 1. The number of aliphatic imine (C=N–C) groups is 1. The topological polar surface area (TPSA) is 132 Å². The van der Waals surface area contributed by atoms with Gasteiger partial charge in [-0.15, -0.1) is 0 Å². The molecule has 9 nitrogen and oxygen atoms in total. The number of halogens is 1. The average Bonchev–Trinajstić information content (AvgIpc) is 2.62. The minimum absolute atomic E-state index is 0.00930. The largest absolute Gasteiger partial charge is 0.463 e. The van der Waals surface area contributed by atoms with E-state index in [9.17, 15) is 14.9 Å². The molecule has 0 radical (unpaired) electrons. The summed E-state index contributed by atoms with van der Waals surface area (Å²) in [6.45, 7) is 3.46. The van der Waals surface area contributed by atoms with Gasteiger partial charge in [-0.25, -0.2) is 9.79 Å². The molecule has 28 heavy (non-hydrogen) atoms. The third-order valence-electron chi connectivity index (χ3n) is 3.83. The Morgan fingerprint density at radius 3 is 2.86 bits per heavy atom. The molecule has 0 amide bonds. The van der Waals surface area contributed by atoms with Gasteiger partial charge in [0.15, 0.2) is 5.11 Å². The second-order valence-electron chi connectivity index (χ2n) is 5.64. The number of nitrogens with two attached hydrogens (primary N) is 1. The highest BCUT2D eigenvalue weighted by Gasteiger charge is 2.35. The van der Waals surface area contributed by atoms with Crippen LogP contribution in [0.5, 0.6) is 0 Å². The van der Waals surface area contributed by atoms with Gasteiger partial charge in [-0.05, 0) is 31.6 Å². The molecule has 0 bridgehead atoms. The van der Waals surface area contributed by atoms with Gasteiger partial charge < -0.3 is 15.9 Å². The number of benzene rings is 1.